The SMILES string of the molecule is O=C(O)CCCCCCNC(=O)NCCC1CCCO1. The number of carbonyl (C=O) groups excluding carboxylic acids is 1. The second kappa shape index (κ2) is 10.5. The van der Waals surface area contributed by atoms with Crippen LogP contribution in [0.1, 0.15) is 51.4 Å². The lowest BCUT2D eigenvalue weighted by Gasteiger charge is -2.10. The number of aliphatic carboxylic acids is 1. The number of amides is 2. The summed E-state index contributed by atoms with van der Waals surface area (Å²) in [5.74, 6) is -0.742. The van der Waals surface area contributed by atoms with Gasteiger partial charge in [-0.15, -0.1) is 0 Å². The van der Waals surface area contributed by atoms with Gasteiger partial charge in [-0.2, -0.15) is 0 Å². The third-order valence-electron chi connectivity index (χ3n) is 3.38. The molecule has 1 atom stereocenters. The predicted molar refractivity (Wildman–Crippen MR) is 75.7 cm³/mol. The predicted octanol–water partition coefficient (Wildman–Crippen LogP) is 1.89. The number of carbonyl (C=O) groups is 2. The van der Waals surface area contributed by atoms with Crippen molar-refractivity contribution in [3.63, 3.8) is 0 Å². The summed E-state index contributed by atoms with van der Waals surface area (Å²) in [5.41, 5.74) is 0. The first-order chi connectivity index (χ1) is 9.68. The molecule has 0 aromatic carbocycles. The lowest BCUT2D eigenvalue weighted by atomic mass is 10.1. The van der Waals surface area contributed by atoms with Gasteiger partial charge >= 0.3 is 12.0 Å². The van der Waals surface area contributed by atoms with Gasteiger partial charge < -0.3 is 20.5 Å². The Morgan fingerprint density at radius 3 is 2.55 bits per heavy atom. The highest BCUT2D eigenvalue weighted by Crippen LogP contribution is 2.14. The zero-order chi connectivity index (χ0) is 14.6. The van der Waals surface area contributed by atoms with Crippen LogP contribution in [0.15, 0.2) is 0 Å². The maximum absolute atomic E-state index is 11.5. The first-order valence-electron chi connectivity index (χ1n) is 7.53. The van der Waals surface area contributed by atoms with Crippen LogP contribution in [0.3, 0.4) is 0 Å². The van der Waals surface area contributed by atoms with Crippen LogP contribution in [-0.2, 0) is 9.53 Å². The summed E-state index contributed by atoms with van der Waals surface area (Å²) >= 11 is 0. The number of carboxylic acids is 1. The summed E-state index contributed by atoms with van der Waals surface area (Å²) in [5, 5.41) is 14.1. The molecule has 1 heterocycles. The molecule has 1 unspecified atom stereocenters. The lowest BCUT2D eigenvalue weighted by Crippen LogP contribution is -2.37. The van der Waals surface area contributed by atoms with Crippen LogP contribution in [0.2, 0.25) is 0 Å². The first-order valence-corrected chi connectivity index (χ1v) is 7.53. The van der Waals surface area contributed by atoms with E-state index in [9.17, 15) is 9.59 Å². The fourth-order valence-corrected chi connectivity index (χ4v) is 2.24. The maximum atomic E-state index is 11.5. The third-order valence-corrected chi connectivity index (χ3v) is 3.38. The molecule has 1 rings (SSSR count). The number of nitrogens with one attached hydrogen (secondary N) is 2. The van der Waals surface area contributed by atoms with Gasteiger partial charge in [0.1, 0.15) is 0 Å². The highest BCUT2D eigenvalue weighted by atomic mass is 16.5. The van der Waals surface area contributed by atoms with Crippen molar-refractivity contribution in [2.24, 2.45) is 0 Å². The highest BCUT2D eigenvalue weighted by molar-refractivity contribution is 5.73. The van der Waals surface area contributed by atoms with Gasteiger partial charge in [-0.1, -0.05) is 12.8 Å². The van der Waals surface area contributed by atoms with Crippen molar-refractivity contribution in [1.82, 2.24) is 10.6 Å². The molecule has 0 aliphatic carbocycles. The van der Waals surface area contributed by atoms with E-state index in [-0.39, 0.29) is 12.5 Å². The number of unbranched alkanes of at least 4 members (excludes halogenated alkanes) is 3. The van der Waals surface area contributed by atoms with Crippen LogP contribution in [0.25, 0.3) is 0 Å². The van der Waals surface area contributed by atoms with Crippen molar-refractivity contribution in [3.05, 3.63) is 0 Å². The molecule has 0 aromatic heterocycles. The lowest BCUT2D eigenvalue weighted by molar-refractivity contribution is -0.137. The molecule has 1 fully saturated rings. The monoisotopic (exact) mass is 286 g/mol. The van der Waals surface area contributed by atoms with Crippen LogP contribution in [0, 0.1) is 0 Å². The van der Waals surface area contributed by atoms with Gasteiger partial charge in [-0.25, -0.2) is 4.79 Å². The van der Waals surface area contributed by atoms with Crippen molar-refractivity contribution in [2.75, 3.05) is 19.7 Å². The average Bonchev–Trinajstić information content (AvgIpc) is 2.90. The fraction of sp³-hybridized carbons (Fsp3) is 0.857. The van der Waals surface area contributed by atoms with Gasteiger partial charge in [-0.05, 0) is 32.1 Å². The van der Waals surface area contributed by atoms with Gasteiger partial charge in [0.25, 0.3) is 0 Å². The van der Waals surface area contributed by atoms with Gasteiger partial charge in [-0.3, -0.25) is 4.79 Å². The molecular formula is C14H26N2O4. The quantitative estimate of drug-likeness (QED) is 0.535. The molecule has 0 aromatic rings. The minimum atomic E-state index is -0.742. The molecule has 116 valence electrons. The first kappa shape index (κ1) is 16.8. The Morgan fingerprint density at radius 1 is 1.10 bits per heavy atom. The summed E-state index contributed by atoms with van der Waals surface area (Å²) in [7, 11) is 0. The highest BCUT2D eigenvalue weighted by Gasteiger charge is 2.14. The topological polar surface area (TPSA) is 87.7 Å². The molecule has 6 nitrogen and oxygen atoms in total. The number of urea groups is 1. The summed E-state index contributed by atoms with van der Waals surface area (Å²) in [6.45, 7) is 2.13. The molecule has 1 aliphatic rings. The van der Waals surface area contributed by atoms with Crippen molar-refractivity contribution >= 4 is 12.0 Å². The van der Waals surface area contributed by atoms with E-state index >= 15 is 0 Å². The van der Waals surface area contributed by atoms with E-state index in [0.717, 1.165) is 45.1 Å². The van der Waals surface area contributed by atoms with E-state index < -0.39 is 5.97 Å². The Morgan fingerprint density at radius 2 is 1.85 bits per heavy atom. The van der Waals surface area contributed by atoms with Crippen LogP contribution >= 0.6 is 0 Å². The molecule has 6 heteroatoms. The zero-order valence-electron chi connectivity index (χ0n) is 12.0. The molecule has 20 heavy (non-hydrogen) atoms. The van der Waals surface area contributed by atoms with E-state index in [2.05, 4.69) is 10.6 Å². The second-order valence-corrected chi connectivity index (χ2v) is 5.16. The molecular weight excluding hydrogens is 260 g/mol. The zero-order valence-corrected chi connectivity index (χ0v) is 12.0. The van der Waals surface area contributed by atoms with Crippen LogP contribution < -0.4 is 10.6 Å². The largest absolute Gasteiger partial charge is 0.481 e. The molecule has 3 N–H and O–H groups in total. The van der Waals surface area contributed by atoms with Crippen molar-refractivity contribution in [2.45, 2.75) is 57.5 Å². The van der Waals surface area contributed by atoms with Crippen LogP contribution in [-0.4, -0.2) is 42.9 Å². The minimum absolute atomic E-state index is 0.131. The molecule has 0 saturated carbocycles. The Kier molecular flexibility index (Phi) is 8.78. The number of rotatable bonds is 10. The summed E-state index contributed by atoms with van der Waals surface area (Å²) in [4.78, 5) is 21.8. The average molecular weight is 286 g/mol. The minimum Gasteiger partial charge on any atom is -0.481 e. The summed E-state index contributed by atoms with van der Waals surface area (Å²) in [6.07, 6.45) is 7.09. The van der Waals surface area contributed by atoms with Crippen molar-refractivity contribution in [1.29, 1.82) is 0 Å². The Hall–Kier alpha value is -1.30. The van der Waals surface area contributed by atoms with Gasteiger partial charge in [0.15, 0.2) is 0 Å². The number of hydrogen-bond acceptors (Lipinski definition) is 3. The van der Waals surface area contributed by atoms with E-state index in [1.165, 1.54) is 0 Å². The third kappa shape index (κ3) is 8.74. The molecule has 2 amide bonds. The van der Waals surface area contributed by atoms with Gasteiger partial charge in [0, 0.05) is 26.1 Å². The normalized spacial score (nSPS) is 17.9. The number of carboxylic acid groups (broad SMARTS) is 1. The van der Waals surface area contributed by atoms with E-state index in [1.54, 1.807) is 0 Å². The molecule has 0 spiro atoms. The standard InChI is InChI=1S/C14H26N2O4/c17-13(18)7-3-1-2-4-9-15-14(19)16-10-8-12-6-5-11-20-12/h12H,1-11H2,(H,17,18)(H2,15,16,19). The maximum Gasteiger partial charge on any atom is 0.314 e. The Labute approximate surface area is 120 Å². The van der Waals surface area contributed by atoms with E-state index in [0.29, 0.717) is 25.6 Å². The smallest absolute Gasteiger partial charge is 0.314 e. The summed E-state index contributed by atoms with van der Waals surface area (Å²) < 4.78 is 5.47. The fourth-order valence-electron chi connectivity index (χ4n) is 2.24. The van der Waals surface area contributed by atoms with Crippen molar-refractivity contribution in [3.8, 4) is 0 Å². The van der Waals surface area contributed by atoms with Gasteiger partial charge in [0.2, 0.25) is 0 Å². The van der Waals surface area contributed by atoms with E-state index in [4.69, 9.17) is 9.84 Å². The van der Waals surface area contributed by atoms with Crippen molar-refractivity contribution < 1.29 is 19.4 Å². The van der Waals surface area contributed by atoms with Crippen LogP contribution in [0.4, 0.5) is 4.79 Å². The number of hydrogen-bond donors (Lipinski definition) is 3. The Balaban J connectivity index is 1.83. The number of ether oxygens (including phenoxy) is 1. The molecule has 1 aliphatic heterocycles. The molecule has 0 radical (unpaired) electrons. The van der Waals surface area contributed by atoms with E-state index in [1.807, 2.05) is 0 Å². The summed E-state index contributed by atoms with van der Waals surface area (Å²) in [6, 6.07) is -0.131. The Bertz CT molecular complexity index is 291. The molecule has 1 saturated heterocycles. The second-order valence-electron chi connectivity index (χ2n) is 5.16. The van der Waals surface area contributed by atoms with Crippen LogP contribution in [0.5, 0.6) is 0 Å². The molecule has 0 bridgehead atoms. The van der Waals surface area contributed by atoms with Gasteiger partial charge in [0.05, 0.1) is 6.10 Å².